The van der Waals surface area contributed by atoms with E-state index in [0.29, 0.717) is 6.04 Å². The summed E-state index contributed by atoms with van der Waals surface area (Å²) in [4.78, 5) is 3.19. The van der Waals surface area contributed by atoms with E-state index in [4.69, 9.17) is 4.74 Å². The van der Waals surface area contributed by atoms with Crippen LogP contribution in [0.1, 0.15) is 12.8 Å². The minimum atomic E-state index is 0.527. The van der Waals surface area contributed by atoms with Crippen LogP contribution < -0.4 is 10.1 Å². The molecule has 16 heavy (non-hydrogen) atoms. The molecule has 3 rings (SSSR count). The molecule has 1 unspecified atom stereocenters. The number of aromatic nitrogens is 1. The number of aromatic amines is 1. The molecular weight excluding hydrogens is 200 g/mol. The number of fused-ring (bicyclic) bond motifs is 1. The molecule has 1 aromatic carbocycles. The van der Waals surface area contributed by atoms with Crippen molar-refractivity contribution in [1.82, 2.24) is 10.3 Å². The highest BCUT2D eigenvalue weighted by atomic mass is 16.5. The maximum Gasteiger partial charge on any atom is 0.121 e. The van der Waals surface area contributed by atoms with Crippen LogP contribution in [0.5, 0.6) is 5.75 Å². The molecule has 1 fully saturated rings. The van der Waals surface area contributed by atoms with E-state index in [-0.39, 0.29) is 0 Å². The van der Waals surface area contributed by atoms with Gasteiger partial charge in [-0.1, -0.05) is 0 Å². The van der Waals surface area contributed by atoms with Crippen molar-refractivity contribution in [2.24, 2.45) is 0 Å². The van der Waals surface area contributed by atoms with E-state index in [0.717, 1.165) is 24.4 Å². The average Bonchev–Trinajstić information content (AvgIpc) is 2.97. The number of nitrogens with one attached hydrogen (secondary N) is 2. The van der Waals surface area contributed by atoms with Crippen molar-refractivity contribution in [3.05, 3.63) is 30.5 Å². The van der Waals surface area contributed by atoms with Crippen LogP contribution in [-0.4, -0.2) is 24.2 Å². The number of hydrogen-bond acceptors (Lipinski definition) is 2. The zero-order valence-corrected chi connectivity index (χ0v) is 9.20. The minimum Gasteiger partial charge on any atom is -0.492 e. The minimum absolute atomic E-state index is 0.527. The molecule has 0 saturated carbocycles. The Morgan fingerprint density at radius 1 is 1.31 bits per heavy atom. The fourth-order valence-electron chi connectivity index (χ4n) is 2.21. The highest BCUT2D eigenvalue weighted by Crippen LogP contribution is 2.20. The first kappa shape index (κ1) is 9.73. The van der Waals surface area contributed by atoms with Crippen LogP contribution in [0, 0.1) is 0 Å². The first-order chi connectivity index (χ1) is 7.92. The quantitative estimate of drug-likeness (QED) is 0.826. The van der Waals surface area contributed by atoms with Crippen LogP contribution in [0.3, 0.4) is 0 Å². The number of rotatable bonds is 3. The standard InChI is InChI=1S/C13H16N2O/c1-2-11(14-6-1)9-16-12-4-3-10-5-7-15-13(10)8-12/h3-5,7-8,11,14-15H,1-2,6,9H2. The van der Waals surface area contributed by atoms with Gasteiger partial charge in [0.2, 0.25) is 0 Å². The molecule has 0 spiro atoms. The molecule has 0 bridgehead atoms. The van der Waals surface area contributed by atoms with Crippen LogP contribution in [0.15, 0.2) is 30.5 Å². The molecule has 3 heteroatoms. The Morgan fingerprint density at radius 2 is 2.31 bits per heavy atom. The molecule has 2 N–H and O–H groups in total. The Labute approximate surface area is 94.8 Å². The molecule has 1 aromatic heterocycles. The lowest BCUT2D eigenvalue weighted by Crippen LogP contribution is -2.28. The molecule has 3 nitrogen and oxygen atoms in total. The molecular formula is C13H16N2O. The molecule has 1 aliphatic rings. The van der Waals surface area contributed by atoms with Crippen molar-refractivity contribution >= 4 is 10.9 Å². The van der Waals surface area contributed by atoms with Gasteiger partial charge in [0.25, 0.3) is 0 Å². The Morgan fingerprint density at radius 3 is 3.19 bits per heavy atom. The van der Waals surface area contributed by atoms with Crippen molar-refractivity contribution in [2.75, 3.05) is 13.2 Å². The van der Waals surface area contributed by atoms with Crippen molar-refractivity contribution in [3.63, 3.8) is 0 Å². The third kappa shape index (κ3) is 1.91. The van der Waals surface area contributed by atoms with Gasteiger partial charge in [0.15, 0.2) is 0 Å². The van der Waals surface area contributed by atoms with Gasteiger partial charge in [0.05, 0.1) is 0 Å². The van der Waals surface area contributed by atoms with Crippen LogP contribution in [0.25, 0.3) is 10.9 Å². The normalized spacial score (nSPS) is 20.4. The van der Waals surface area contributed by atoms with Gasteiger partial charge >= 0.3 is 0 Å². The Balaban J connectivity index is 1.68. The molecule has 1 atom stereocenters. The van der Waals surface area contributed by atoms with Gasteiger partial charge in [0, 0.05) is 23.8 Å². The maximum atomic E-state index is 5.78. The fraction of sp³-hybridized carbons (Fsp3) is 0.385. The van der Waals surface area contributed by atoms with Crippen molar-refractivity contribution < 1.29 is 4.74 Å². The first-order valence-electron chi connectivity index (χ1n) is 5.85. The number of ether oxygens (including phenoxy) is 1. The number of hydrogen-bond donors (Lipinski definition) is 2. The zero-order chi connectivity index (χ0) is 10.8. The summed E-state index contributed by atoms with van der Waals surface area (Å²) >= 11 is 0. The zero-order valence-electron chi connectivity index (χ0n) is 9.20. The van der Waals surface area contributed by atoms with Gasteiger partial charge in [0.1, 0.15) is 12.4 Å². The molecule has 0 aliphatic carbocycles. The van der Waals surface area contributed by atoms with E-state index < -0.39 is 0 Å². The molecule has 2 aromatic rings. The van der Waals surface area contributed by atoms with Gasteiger partial charge < -0.3 is 15.0 Å². The SMILES string of the molecule is c1cc2ccc(OCC3CCCN3)cc2[nH]1. The van der Waals surface area contributed by atoms with E-state index >= 15 is 0 Å². The summed E-state index contributed by atoms with van der Waals surface area (Å²) < 4.78 is 5.78. The predicted molar refractivity (Wildman–Crippen MR) is 64.8 cm³/mol. The van der Waals surface area contributed by atoms with Gasteiger partial charge in [-0.2, -0.15) is 0 Å². The second-order valence-corrected chi connectivity index (χ2v) is 4.33. The smallest absolute Gasteiger partial charge is 0.121 e. The van der Waals surface area contributed by atoms with E-state index in [1.807, 2.05) is 12.3 Å². The van der Waals surface area contributed by atoms with Crippen LogP contribution in [-0.2, 0) is 0 Å². The maximum absolute atomic E-state index is 5.78. The van der Waals surface area contributed by atoms with Crippen molar-refractivity contribution in [1.29, 1.82) is 0 Å². The largest absolute Gasteiger partial charge is 0.492 e. The second kappa shape index (κ2) is 4.18. The fourth-order valence-corrected chi connectivity index (χ4v) is 2.21. The van der Waals surface area contributed by atoms with Crippen molar-refractivity contribution in [3.8, 4) is 5.75 Å². The predicted octanol–water partition coefficient (Wildman–Crippen LogP) is 2.30. The van der Waals surface area contributed by atoms with E-state index in [1.54, 1.807) is 0 Å². The summed E-state index contributed by atoms with van der Waals surface area (Å²) in [5, 5.41) is 4.65. The third-order valence-electron chi connectivity index (χ3n) is 3.14. The van der Waals surface area contributed by atoms with Crippen molar-refractivity contribution in [2.45, 2.75) is 18.9 Å². The first-order valence-corrected chi connectivity index (χ1v) is 5.85. The van der Waals surface area contributed by atoms with E-state index in [2.05, 4.69) is 28.5 Å². The highest BCUT2D eigenvalue weighted by Gasteiger charge is 2.14. The Hall–Kier alpha value is -1.48. The summed E-state index contributed by atoms with van der Waals surface area (Å²) in [7, 11) is 0. The lowest BCUT2D eigenvalue weighted by atomic mass is 10.2. The molecule has 0 amide bonds. The summed E-state index contributed by atoms with van der Waals surface area (Å²) in [5.41, 5.74) is 1.14. The van der Waals surface area contributed by atoms with E-state index in [9.17, 15) is 0 Å². The van der Waals surface area contributed by atoms with E-state index in [1.165, 1.54) is 18.2 Å². The molecule has 2 heterocycles. The lowest BCUT2D eigenvalue weighted by molar-refractivity contribution is 0.277. The summed E-state index contributed by atoms with van der Waals surface area (Å²) in [5.74, 6) is 0.948. The Bertz CT molecular complexity index is 471. The van der Waals surface area contributed by atoms with Crippen LogP contribution >= 0.6 is 0 Å². The summed E-state index contributed by atoms with van der Waals surface area (Å²) in [6, 6.07) is 8.77. The molecule has 1 saturated heterocycles. The third-order valence-corrected chi connectivity index (χ3v) is 3.14. The summed E-state index contributed by atoms with van der Waals surface area (Å²) in [6.45, 7) is 1.90. The highest BCUT2D eigenvalue weighted by molar-refractivity contribution is 5.80. The average molecular weight is 216 g/mol. The molecule has 84 valence electrons. The monoisotopic (exact) mass is 216 g/mol. The molecule has 1 aliphatic heterocycles. The van der Waals surface area contributed by atoms with Gasteiger partial charge in [-0.15, -0.1) is 0 Å². The van der Waals surface area contributed by atoms with Gasteiger partial charge in [-0.05, 0) is 43.0 Å². The number of benzene rings is 1. The second-order valence-electron chi connectivity index (χ2n) is 4.33. The van der Waals surface area contributed by atoms with Crippen LogP contribution in [0.2, 0.25) is 0 Å². The topological polar surface area (TPSA) is 37.0 Å². The number of H-pyrrole nitrogens is 1. The molecule has 0 radical (unpaired) electrons. The Kier molecular flexibility index (Phi) is 2.54. The lowest BCUT2D eigenvalue weighted by Gasteiger charge is -2.11. The van der Waals surface area contributed by atoms with Gasteiger partial charge in [-0.25, -0.2) is 0 Å². The van der Waals surface area contributed by atoms with Crippen LogP contribution in [0.4, 0.5) is 0 Å². The van der Waals surface area contributed by atoms with Gasteiger partial charge in [-0.3, -0.25) is 0 Å². The summed E-state index contributed by atoms with van der Waals surface area (Å²) in [6.07, 6.45) is 4.45.